The fourth-order valence-corrected chi connectivity index (χ4v) is 3.39. The number of carbonyl (C=O) groups excluding carboxylic acids is 2. The summed E-state index contributed by atoms with van der Waals surface area (Å²) in [6.07, 6.45) is 0. The minimum atomic E-state index is -1.12. The quantitative estimate of drug-likeness (QED) is 0.754. The van der Waals surface area contributed by atoms with Crippen molar-refractivity contribution in [1.82, 2.24) is 10.2 Å². The van der Waals surface area contributed by atoms with Crippen LogP contribution in [0.25, 0.3) is 0 Å². The van der Waals surface area contributed by atoms with Gasteiger partial charge in [-0.1, -0.05) is 39.7 Å². The summed E-state index contributed by atoms with van der Waals surface area (Å²) < 4.78 is 6.17. The molecule has 1 N–H and O–H groups in total. The fourth-order valence-electron chi connectivity index (χ4n) is 2.86. The van der Waals surface area contributed by atoms with E-state index in [1.165, 1.54) is 4.90 Å². The first-order chi connectivity index (χ1) is 11.8. The van der Waals surface area contributed by atoms with Crippen molar-refractivity contribution in [3.63, 3.8) is 0 Å². The highest BCUT2D eigenvalue weighted by Gasteiger charge is 2.49. The molecule has 0 spiro atoms. The maximum absolute atomic E-state index is 13.0. The third kappa shape index (κ3) is 3.24. The molecule has 1 saturated heterocycles. The molecule has 0 aromatic heterocycles. The van der Waals surface area contributed by atoms with Gasteiger partial charge in [0.1, 0.15) is 11.3 Å². The first-order valence-electron chi connectivity index (χ1n) is 7.57. The number of nitrogens with one attached hydrogen (secondary N) is 1. The normalized spacial score (nSPS) is 19.9. The largest absolute Gasteiger partial charge is 0.496 e. The third-order valence-electron chi connectivity index (χ3n) is 4.27. The number of rotatable bonds is 4. The second kappa shape index (κ2) is 6.69. The van der Waals surface area contributed by atoms with Crippen LogP contribution in [0, 0.1) is 0 Å². The molecule has 1 heterocycles. The fraction of sp³-hybridized carbons (Fsp3) is 0.222. The Hall–Kier alpha value is -2.05. The molecule has 1 fully saturated rings. The molecule has 1 unspecified atom stereocenters. The summed E-state index contributed by atoms with van der Waals surface area (Å²) in [5.74, 6) is 0.297. The van der Waals surface area contributed by atoms with Crippen LogP contribution >= 0.6 is 27.5 Å². The van der Waals surface area contributed by atoms with Gasteiger partial charge in [0.25, 0.3) is 5.91 Å². The second-order valence-corrected chi connectivity index (χ2v) is 7.26. The predicted octanol–water partition coefficient (Wildman–Crippen LogP) is 4.08. The lowest BCUT2D eigenvalue weighted by Gasteiger charge is -2.22. The molecule has 2 aromatic rings. The Morgan fingerprint density at radius 2 is 1.88 bits per heavy atom. The molecule has 1 aliphatic heterocycles. The number of benzene rings is 2. The van der Waals surface area contributed by atoms with Gasteiger partial charge in [-0.25, -0.2) is 4.79 Å². The highest BCUT2D eigenvalue weighted by molar-refractivity contribution is 9.10. The Morgan fingerprint density at radius 3 is 2.52 bits per heavy atom. The van der Waals surface area contributed by atoms with Crippen LogP contribution in [0.4, 0.5) is 4.79 Å². The van der Waals surface area contributed by atoms with E-state index >= 15 is 0 Å². The van der Waals surface area contributed by atoms with E-state index in [2.05, 4.69) is 21.2 Å². The predicted molar refractivity (Wildman–Crippen MR) is 98.6 cm³/mol. The third-order valence-corrected chi connectivity index (χ3v) is 5.01. The average molecular weight is 424 g/mol. The van der Waals surface area contributed by atoms with Gasteiger partial charge < -0.3 is 10.1 Å². The number of hydrogen-bond donors (Lipinski definition) is 1. The molecule has 3 amide bonds. The Kier molecular flexibility index (Phi) is 4.75. The average Bonchev–Trinajstić information content (AvgIpc) is 2.80. The van der Waals surface area contributed by atoms with Gasteiger partial charge >= 0.3 is 6.03 Å². The molecule has 130 valence electrons. The smallest absolute Gasteiger partial charge is 0.325 e. The van der Waals surface area contributed by atoms with Crippen molar-refractivity contribution in [3.05, 3.63) is 63.1 Å². The van der Waals surface area contributed by atoms with E-state index < -0.39 is 11.6 Å². The number of imide groups is 1. The maximum atomic E-state index is 13.0. The minimum absolute atomic E-state index is 0.121. The highest BCUT2D eigenvalue weighted by Crippen LogP contribution is 2.32. The SMILES string of the molecule is COc1ccc(Br)cc1CN1C(=O)NC(C)(c2ccc(Cl)cc2)C1=O. The van der Waals surface area contributed by atoms with E-state index in [0.29, 0.717) is 16.3 Å². The van der Waals surface area contributed by atoms with E-state index in [4.69, 9.17) is 16.3 Å². The topological polar surface area (TPSA) is 58.6 Å². The Balaban J connectivity index is 1.92. The van der Waals surface area contributed by atoms with Crippen molar-refractivity contribution >= 4 is 39.5 Å². The summed E-state index contributed by atoms with van der Waals surface area (Å²) >= 11 is 9.31. The van der Waals surface area contributed by atoms with E-state index in [1.54, 1.807) is 44.4 Å². The first kappa shape index (κ1) is 17.8. The summed E-state index contributed by atoms with van der Waals surface area (Å²) in [6, 6.07) is 11.9. The van der Waals surface area contributed by atoms with Gasteiger partial charge in [-0.15, -0.1) is 0 Å². The second-order valence-electron chi connectivity index (χ2n) is 5.91. The zero-order valence-corrected chi connectivity index (χ0v) is 16.0. The summed E-state index contributed by atoms with van der Waals surface area (Å²) in [5, 5.41) is 3.35. The van der Waals surface area contributed by atoms with E-state index in [9.17, 15) is 9.59 Å². The lowest BCUT2D eigenvalue weighted by molar-refractivity contribution is -0.131. The van der Waals surface area contributed by atoms with Crippen molar-refractivity contribution in [2.45, 2.75) is 19.0 Å². The zero-order valence-electron chi connectivity index (χ0n) is 13.7. The molecule has 1 aliphatic rings. The summed E-state index contributed by atoms with van der Waals surface area (Å²) in [4.78, 5) is 26.6. The van der Waals surface area contributed by atoms with Crippen LogP contribution in [0.1, 0.15) is 18.1 Å². The molecule has 0 radical (unpaired) electrons. The maximum Gasteiger partial charge on any atom is 0.325 e. The van der Waals surface area contributed by atoms with Gasteiger partial charge in [0.15, 0.2) is 0 Å². The standard InChI is InChI=1S/C18H16BrClN2O3/c1-18(12-3-6-14(20)7-4-12)16(23)22(17(24)21-18)10-11-9-13(19)5-8-15(11)25-2/h3-9H,10H2,1-2H3,(H,21,24). The molecule has 7 heteroatoms. The molecule has 5 nitrogen and oxygen atoms in total. The van der Waals surface area contributed by atoms with Crippen LogP contribution in [-0.2, 0) is 16.9 Å². The summed E-state index contributed by atoms with van der Waals surface area (Å²) in [7, 11) is 1.55. The van der Waals surface area contributed by atoms with Crippen molar-refractivity contribution in [2.75, 3.05) is 7.11 Å². The summed E-state index contributed by atoms with van der Waals surface area (Å²) in [6.45, 7) is 1.81. The zero-order chi connectivity index (χ0) is 18.2. The van der Waals surface area contributed by atoms with Crippen molar-refractivity contribution in [1.29, 1.82) is 0 Å². The molecule has 2 aromatic carbocycles. The Morgan fingerprint density at radius 1 is 1.20 bits per heavy atom. The molecule has 0 aliphatic carbocycles. The molecule has 1 atom stereocenters. The van der Waals surface area contributed by atoms with Crippen LogP contribution in [0.2, 0.25) is 5.02 Å². The van der Waals surface area contributed by atoms with Crippen molar-refractivity contribution in [2.24, 2.45) is 0 Å². The van der Waals surface area contributed by atoms with Gasteiger partial charge in [0.05, 0.1) is 13.7 Å². The number of halogens is 2. The van der Waals surface area contributed by atoms with E-state index in [0.717, 1.165) is 10.0 Å². The first-order valence-corrected chi connectivity index (χ1v) is 8.75. The molecular weight excluding hydrogens is 408 g/mol. The lowest BCUT2D eigenvalue weighted by Crippen LogP contribution is -2.40. The van der Waals surface area contributed by atoms with E-state index in [1.807, 2.05) is 12.1 Å². The van der Waals surface area contributed by atoms with Gasteiger partial charge in [-0.3, -0.25) is 9.69 Å². The van der Waals surface area contributed by atoms with Gasteiger partial charge in [-0.05, 0) is 42.8 Å². The number of carbonyl (C=O) groups is 2. The molecule has 0 bridgehead atoms. The van der Waals surface area contributed by atoms with Crippen LogP contribution in [-0.4, -0.2) is 23.9 Å². The Labute approximate surface area is 159 Å². The molecular formula is C18H16BrClN2O3. The Bertz CT molecular complexity index is 841. The number of methoxy groups -OCH3 is 1. The molecule has 3 rings (SSSR count). The minimum Gasteiger partial charge on any atom is -0.496 e. The molecule has 25 heavy (non-hydrogen) atoms. The van der Waals surface area contributed by atoms with Crippen LogP contribution in [0.5, 0.6) is 5.75 Å². The van der Waals surface area contributed by atoms with Crippen LogP contribution < -0.4 is 10.1 Å². The lowest BCUT2D eigenvalue weighted by atomic mass is 9.92. The summed E-state index contributed by atoms with van der Waals surface area (Å²) in [5.41, 5.74) is 0.292. The number of nitrogens with zero attached hydrogens (tertiary/aromatic N) is 1. The van der Waals surface area contributed by atoms with Crippen molar-refractivity contribution in [3.8, 4) is 5.75 Å². The van der Waals surface area contributed by atoms with Crippen molar-refractivity contribution < 1.29 is 14.3 Å². The number of amides is 3. The van der Waals surface area contributed by atoms with Gasteiger partial charge in [0, 0.05) is 15.1 Å². The van der Waals surface area contributed by atoms with E-state index in [-0.39, 0.29) is 12.5 Å². The van der Waals surface area contributed by atoms with Crippen LogP contribution in [0.3, 0.4) is 0 Å². The van der Waals surface area contributed by atoms with Gasteiger partial charge in [-0.2, -0.15) is 0 Å². The monoisotopic (exact) mass is 422 g/mol. The molecule has 0 saturated carbocycles. The number of urea groups is 1. The van der Waals surface area contributed by atoms with Gasteiger partial charge in [0.2, 0.25) is 0 Å². The van der Waals surface area contributed by atoms with Crippen LogP contribution in [0.15, 0.2) is 46.9 Å². The highest BCUT2D eigenvalue weighted by atomic mass is 79.9. The number of hydrogen-bond acceptors (Lipinski definition) is 3. The number of ether oxygens (including phenoxy) is 1.